The predicted molar refractivity (Wildman–Crippen MR) is 70.1 cm³/mol. The highest BCUT2D eigenvalue weighted by Gasteiger charge is 2.29. The molecule has 0 aliphatic rings. The fourth-order valence-corrected chi connectivity index (χ4v) is 1.37. The smallest absolute Gasteiger partial charge is 0.288 e. The number of nitrogens with zero attached hydrogens (tertiary/aromatic N) is 3. The van der Waals surface area contributed by atoms with Crippen molar-refractivity contribution in [1.29, 1.82) is 0 Å². The quantitative estimate of drug-likeness (QED) is 0.670. The van der Waals surface area contributed by atoms with Crippen LogP contribution >= 0.6 is 0 Å². The van der Waals surface area contributed by atoms with Crippen molar-refractivity contribution in [1.82, 2.24) is 15.2 Å². The van der Waals surface area contributed by atoms with E-state index in [1.165, 1.54) is 25.3 Å². The van der Waals surface area contributed by atoms with Gasteiger partial charge in [0.1, 0.15) is 5.69 Å². The molecule has 0 spiro atoms. The molecule has 1 aromatic heterocycles. The van der Waals surface area contributed by atoms with E-state index in [1.54, 1.807) is 0 Å². The first-order chi connectivity index (χ1) is 9.86. The minimum absolute atomic E-state index is 0.0359. The van der Waals surface area contributed by atoms with Gasteiger partial charge < -0.3 is 0 Å². The molecule has 0 fully saturated rings. The zero-order valence-corrected chi connectivity index (χ0v) is 10.8. The molecule has 2 aromatic rings. The van der Waals surface area contributed by atoms with E-state index < -0.39 is 17.3 Å². The number of benzene rings is 1. The van der Waals surface area contributed by atoms with Crippen molar-refractivity contribution in [2.24, 2.45) is 5.10 Å². The third-order valence-corrected chi connectivity index (χ3v) is 2.48. The van der Waals surface area contributed by atoms with Gasteiger partial charge in [0.2, 0.25) is 5.95 Å². The van der Waals surface area contributed by atoms with E-state index in [0.29, 0.717) is 5.56 Å². The summed E-state index contributed by atoms with van der Waals surface area (Å²) in [6.45, 7) is 1.50. The molecule has 9 heteroatoms. The van der Waals surface area contributed by atoms with Crippen LogP contribution in [0.5, 0.6) is 0 Å². The van der Waals surface area contributed by atoms with E-state index in [-0.39, 0.29) is 11.6 Å². The van der Waals surface area contributed by atoms with E-state index in [0.717, 1.165) is 12.1 Å². The van der Waals surface area contributed by atoms with Crippen molar-refractivity contribution in [3.8, 4) is 0 Å². The van der Waals surface area contributed by atoms with Crippen molar-refractivity contribution in [2.75, 3.05) is 5.43 Å². The molecule has 0 atom stereocenters. The summed E-state index contributed by atoms with van der Waals surface area (Å²) in [4.78, 5) is 13.6. The normalized spacial score (nSPS) is 11.8. The van der Waals surface area contributed by atoms with Crippen LogP contribution in [0.1, 0.15) is 16.8 Å². The highest BCUT2D eigenvalue weighted by molar-refractivity contribution is 5.80. The Morgan fingerprint density at radius 2 is 1.90 bits per heavy atom. The number of hydrazone groups is 1. The minimum atomic E-state index is -4.37. The summed E-state index contributed by atoms with van der Waals surface area (Å²) in [5.41, 5.74) is 1.96. The molecule has 6 nitrogen and oxygen atoms in total. The van der Waals surface area contributed by atoms with Crippen LogP contribution in [0.3, 0.4) is 0 Å². The average Bonchev–Trinajstić information content (AvgIpc) is 2.42. The van der Waals surface area contributed by atoms with Crippen LogP contribution in [-0.4, -0.2) is 21.4 Å². The lowest BCUT2D eigenvalue weighted by atomic mass is 10.1. The number of aromatic amines is 1. The summed E-state index contributed by atoms with van der Waals surface area (Å²) < 4.78 is 37.1. The van der Waals surface area contributed by atoms with Gasteiger partial charge in [-0.15, -0.1) is 10.2 Å². The van der Waals surface area contributed by atoms with E-state index in [2.05, 4.69) is 25.7 Å². The fourth-order valence-electron chi connectivity index (χ4n) is 1.37. The zero-order chi connectivity index (χ0) is 15.5. The molecule has 0 saturated carbocycles. The van der Waals surface area contributed by atoms with Gasteiger partial charge in [-0.2, -0.15) is 18.3 Å². The van der Waals surface area contributed by atoms with Crippen molar-refractivity contribution in [3.05, 3.63) is 51.4 Å². The molecular weight excluding hydrogens is 287 g/mol. The zero-order valence-electron chi connectivity index (χ0n) is 10.8. The van der Waals surface area contributed by atoms with Gasteiger partial charge in [0.05, 0.1) is 11.8 Å². The second-order valence-electron chi connectivity index (χ2n) is 4.08. The molecular formula is C12H10F3N5O. The lowest BCUT2D eigenvalue weighted by Gasteiger charge is -2.05. The van der Waals surface area contributed by atoms with Crippen LogP contribution in [0.2, 0.25) is 0 Å². The van der Waals surface area contributed by atoms with Crippen LogP contribution in [0.25, 0.3) is 0 Å². The molecule has 0 bridgehead atoms. The maximum Gasteiger partial charge on any atom is 0.416 e. The fraction of sp³-hybridized carbons (Fsp3) is 0.167. The number of hydrogen-bond donors (Lipinski definition) is 2. The molecule has 0 saturated heterocycles. The number of hydrogen-bond acceptors (Lipinski definition) is 5. The van der Waals surface area contributed by atoms with Crippen LogP contribution in [0.4, 0.5) is 19.1 Å². The Bertz CT molecular complexity index is 706. The maximum atomic E-state index is 12.4. The maximum absolute atomic E-state index is 12.4. The molecule has 0 unspecified atom stereocenters. The van der Waals surface area contributed by atoms with Crippen LogP contribution in [0, 0.1) is 6.92 Å². The van der Waals surface area contributed by atoms with Crippen molar-refractivity contribution < 1.29 is 13.2 Å². The molecule has 0 amide bonds. The second kappa shape index (κ2) is 5.73. The lowest BCUT2D eigenvalue weighted by molar-refractivity contribution is -0.137. The highest BCUT2D eigenvalue weighted by Crippen LogP contribution is 2.28. The van der Waals surface area contributed by atoms with Gasteiger partial charge in [0.25, 0.3) is 5.56 Å². The number of aryl methyl sites for hydroxylation is 1. The minimum Gasteiger partial charge on any atom is -0.288 e. The summed E-state index contributed by atoms with van der Waals surface area (Å²) in [7, 11) is 0. The first-order valence-electron chi connectivity index (χ1n) is 5.76. The Kier molecular flexibility index (Phi) is 4.01. The number of halogens is 3. The molecule has 1 aromatic carbocycles. The van der Waals surface area contributed by atoms with Crippen LogP contribution in [0.15, 0.2) is 34.2 Å². The first kappa shape index (κ1) is 14.7. The van der Waals surface area contributed by atoms with Crippen molar-refractivity contribution >= 4 is 12.2 Å². The average molecular weight is 297 g/mol. The number of nitrogens with one attached hydrogen (secondary N) is 2. The number of H-pyrrole nitrogens is 1. The number of aromatic nitrogens is 3. The summed E-state index contributed by atoms with van der Waals surface area (Å²) in [5.74, 6) is 0.0359. The Labute approximate surface area is 116 Å². The van der Waals surface area contributed by atoms with Gasteiger partial charge in [0, 0.05) is 0 Å². The van der Waals surface area contributed by atoms with E-state index >= 15 is 0 Å². The SMILES string of the molecule is Cc1nnc(N/N=C/c2ccc(C(F)(F)F)cc2)[nH]c1=O. The summed E-state index contributed by atoms with van der Waals surface area (Å²) in [6, 6.07) is 4.46. The molecule has 0 aliphatic heterocycles. The number of alkyl halides is 3. The molecule has 2 rings (SSSR count). The van der Waals surface area contributed by atoms with Gasteiger partial charge in [-0.3, -0.25) is 9.78 Å². The molecule has 110 valence electrons. The topological polar surface area (TPSA) is 83.0 Å². The predicted octanol–water partition coefficient (Wildman–Crippen LogP) is 1.94. The van der Waals surface area contributed by atoms with Gasteiger partial charge in [0.15, 0.2) is 0 Å². The van der Waals surface area contributed by atoms with Gasteiger partial charge >= 0.3 is 6.18 Å². The molecule has 21 heavy (non-hydrogen) atoms. The van der Waals surface area contributed by atoms with Gasteiger partial charge in [-0.25, -0.2) is 5.43 Å². The molecule has 1 heterocycles. The van der Waals surface area contributed by atoms with E-state index in [4.69, 9.17) is 0 Å². The molecule has 2 N–H and O–H groups in total. The summed E-state index contributed by atoms with van der Waals surface area (Å²) in [6.07, 6.45) is -3.08. The second-order valence-corrected chi connectivity index (χ2v) is 4.08. The van der Waals surface area contributed by atoms with Crippen molar-refractivity contribution in [2.45, 2.75) is 13.1 Å². The Balaban J connectivity index is 2.04. The Morgan fingerprint density at radius 3 is 2.48 bits per heavy atom. The number of anilines is 1. The third kappa shape index (κ3) is 3.88. The first-order valence-corrected chi connectivity index (χ1v) is 5.76. The molecule has 0 aliphatic carbocycles. The Hall–Kier alpha value is -2.71. The third-order valence-electron chi connectivity index (χ3n) is 2.48. The van der Waals surface area contributed by atoms with E-state index in [9.17, 15) is 18.0 Å². The summed E-state index contributed by atoms with van der Waals surface area (Å²) in [5, 5.41) is 11.0. The Morgan fingerprint density at radius 1 is 1.24 bits per heavy atom. The largest absolute Gasteiger partial charge is 0.416 e. The van der Waals surface area contributed by atoms with E-state index in [1.807, 2.05) is 0 Å². The monoisotopic (exact) mass is 297 g/mol. The molecule has 0 radical (unpaired) electrons. The van der Waals surface area contributed by atoms with Crippen LogP contribution < -0.4 is 11.0 Å². The lowest BCUT2D eigenvalue weighted by Crippen LogP contribution is -2.15. The van der Waals surface area contributed by atoms with Crippen molar-refractivity contribution in [3.63, 3.8) is 0 Å². The summed E-state index contributed by atoms with van der Waals surface area (Å²) >= 11 is 0. The number of rotatable bonds is 3. The van der Waals surface area contributed by atoms with Crippen LogP contribution in [-0.2, 0) is 6.18 Å². The van der Waals surface area contributed by atoms with Gasteiger partial charge in [-0.1, -0.05) is 12.1 Å². The standard InChI is InChI=1S/C12H10F3N5O/c1-7-10(21)17-11(20-18-7)19-16-6-8-2-4-9(5-3-8)12(13,14)15/h2-6H,1H3,(H2,17,19,20,21)/b16-6+. The van der Waals surface area contributed by atoms with Gasteiger partial charge in [-0.05, 0) is 24.6 Å². The highest BCUT2D eigenvalue weighted by atomic mass is 19.4.